The maximum Gasteiger partial charge on any atom is 0.343 e. The van der Waals surface area contributed by atoms with Crippen LogP contribution in [0.2, 0.25) is 0 Å². The van der Waals surface area contributed by atoms with Crippen molar-refractivity contribution >= 4 is 33.3 Å². The summed E-state index contributed by atoms with van der Waals surface area (Å²) in [6.45, 7) is 0. The topological polar surface area (TPSA) is 69.5 Å². The van der Waals surface area contributed by atoms with Gasteiger partial charge in [0.25, 0.3) is 0 Å². The summed E-state index contributed by atoms with van der Waals surface area (Å²) >= 11 is 3.49. The molecule has 34 heavy (non-hydrogen) atoms. The average Bonchev–Trinajstić information content (AvgIpc) is 2.88. The Kier molecular flexibility index (Phi) is 7.34. The van der Waals surface area contributed by atoms with Crippen molar-refractivity contribution in [3.8, 4) is 28.4 Å². The van der Waals surface area contributed by atoms with Crippen LogP contribution in [0.25, 0.3) is 11.1 Å². The van der Waals surface area contributed by atoms with E-state index in [0.29, 0.717) is 22.7 Å². The first kappa shape index (κ1) is 23.2. The number of azo groups is 1. The lowest BCUT2D eigenvalue weighted by molar-refractivity contribution is 0.0735. The largest absolute Gasteiger partial charge is 0.497 e. The Morgan fingerprint density at radius 1 is 0.676 bits per heavy atom. The first-order valence-electron chi connectivity index (χ1n) is 10.4. The van der Waals surface area contributed by atoms with E-state index in [2.05, 4.69) is 26.2 Å². The van der Waals surface area contributed by atoms with Gasteiger partial charge in [0, 0.05) is 0 Å². The molecule has 6 nitrogen and oxygen atoms in total. The smallest absolute Gasteiger partial charge is 0.343 e. The summed E-state index contributed by atoms with van der Waals surface area (Å²) < 4.78 is 16.7. The highest BCUT2D eigenvalue weighted by Gasteiger charge is 2.10. The zero-order chi connectivity index (χ0) is 23.9. The van der Waals surface area contributed by atoms with Gasteiger partial charge in [-0.2, -0.15) is 10.2 Å². The Labute approximate surface area is 206 Å². The molecule has 0 heterocycles. The van der Waals surface area contributed by atoms with Gasteiger partial charge in [0.1, 0.15) is 17.2 Å². The van der Waals surface area contributed by atoms with Gasteiger partial charge in [-0.1, -0.05) is 18.2 Å². The molecule has 0 radical (unpaired) electrons. The molecule has 170 valence electrons. The number of nitrogens with zero attached hydrogens (tertiary/aromatic N) is 2. The molecule has 4 aromatic rings. The molecular formula is C27H21BrN2O4. The number of benzene rings is 4. The molecule has 0 fully saturated rings. The van der Waals surface area contributed by atoms with E-state index in [4.69, 9.17) is 14.2 Å². The Morgan fingerprint density at radius 2 is 1.24 bits per heavy atom. The zero-order valence-electron chi connectivity index (χ0n) is 18.6. The van der Waals surface area contributed by atoms with E-state index in [1.54, 1.807) is 50.6 Å². The standard InChI is InChI=1S/C27H21BrN2O4/c1-32-23-12-8-21(9-13-23)29-30-22-10-14-24(15-11-22)34-27(31)19-5-3-18(4-6-19)20-7-16-26(33-2)25(28)17-20/h3-17H,1-2H3. The van der Waals surface area contributed by atoms with Crippen LogP contribution >= 0.6 is 15.9 Å². The minimum Gasteiger partial charge on any atom is -0.497 e. The molecule has 0 aliphatic heterocycles. The molecule has 0 saturated carbocycles. The SMILES string of the molecule is COc1ccc(N=Nc2ccc(OC(=O)c3ccc(-c4ccc(OC)c(Br)c4)cc3)cc2)cc1. The van der Waals surface area contributed by atoms with Crippen molar-refractivity contribution in [1.29, 1.82) is 0 Å². The molecule has 0 unspecified atom stereocenters. The highest BCUT2D eigenvalue weighted by atomic mass is 79.9. The van der Waals surface area contributed by atoms with E-state index in [9.17, 15) is 4.79 Å². The van der Waals surface area contributed by atoms with Crippen molar-refractivity contribution in [2.24, 2.45) is 10.2 Å². The summed E-state index contributed by atoms with van der Waals surface area (Å²) in [4.78, 5) is 12.5. The second-order valence-corrected chi connectivity index (χ2v) is 8.06. The molecule has 0 spiro atoms. The lowest BCUT2D eigenvalue weighted by Gasteiger charge is -2.08. The van der Waals surface area contributed by atoms with Gasteiger partial charge >= 0.3 is 5.97 Å². The van der Waals surface area contributed by atoms with Crippen molar-refractivity contribution in [3.63, 3.8) is 0 Å². The van der Waals surface area contributed by atoms with Crippen LogP contribution in [0.3, 0.4) is 0 Å². The van der Waals surface area contributed by atoms with Gasteiger partial charge in [0.05, 0.1) is 35.6 Å². The van der Waals surface area contributed by atoms with Gasteiger partial charge < -0.3 is 14.2 Å². The van der Waals surface area contributed by atoms with E-state index in [-0.39, 0.29) is 0 Å². The predicted molar refractivity (Wildman–Crippen MR) is 135 cm³/mol. The number of esters is 1. The van der Waals surface area contributed by atoms with Crippen molar-refractivity contribution < 1.29 is 19.0 Å². The van der Waals surface area contributed by atoms with Crippen molar-refractivity contribution in [3.05, 3.63) is 101 Å². The predicted octanol–water partition coefficient (Wildman–Crippen LogP) is 7.77. The van der Waals surface area contributed by atoms with Gasteiger partial charge in [-0.25, -0.2) is 4.79 Å². The fourth-order valence-electron chi connectivity index (χ4n) is 3.16. The van der Waals surface area contributed by atoms with Gasteiger partial charge in [0.15, 0.2) is 0 Å². The van der Waals surface area contributed by atoms with E-state index in [0.717, 1.165) is 27.1 Å². The molecule has 0 aliphatic carbocycles. The summed E-state index contributed by atoms with van der Waals surface area (Å²) in [7, 11) is 3.24. The highest BCUT2D eigenvalue weighted by Crippen LogP contribution is 2.31. The van der Waals surface area contributed by atoms with Crippen molar-refractivity contribution in [2.75, 3.05) is 14.2 Å². The summed E-state index contributed by atoms with van der Waals surface area (Å²) in [5.74, 6) is 1.51. The Balaban J connectivity index is 1.38. The summed E-state index contributed by atoms with van der Waals surface area (Å²) in [5.41, 5.74) is 3.80. The Hall–Kier alpha value is -3.97. The quantitative estimate of drug-likeness (QED) is 0.143. The number of methoxy groups -OCH3 is 2. The van der Waals surface area contributed by atoms with Crippen molar-refractivity contribution in [2.45, 2.75) is 0 Å². The molecule has 4 aromatic carbocycles. The number of carbonyl (C=O) groups excluding carboxylic acids is 1. The number of halogens is 1. The molecule has 0 saturated heterocycles. The third-order valence-corrected chi connectivity index (χ3v) is 5.63. The van der Waals surface area contributed by atoms with Gasteiger partial charge in [-0.3, -0.25) is 0 Å². The van der Waals surface area contributed by atoms with Crippen LogP contribution in [0.4, 0.5) is 11.4 Å². The highest BCUT2D eigenvalue weighted by molar-refractivity contribution is 9.10. The number of carbonyl (C=O) groups is 1. The van der Waals surface area contributed by atoms with Gasteiger partial charge in [-0.15, -0.1) is 0 Å². The summed E-state index contributed by atoms with van der Waals surface area (Å²) in [6.07, 6.45) is 0. The number of rotatable bonds is 7. The fraction of sp³-hybridized carbons (Fsp3) is 0.0741. The molecule has 0 N–H and O–H groups in total. The molecule has 0 atom stereocenters. The first-order chi connectivity index (χ1) is 16.6. The van der Waals surface area contributed by atoms with E-state index >= 15 is 0 Å². The number of hydrogen-bond acceptors (Lipinski definition) is 6. The molecule has 7 heteroatoms. The van der Waals surface area contributed by atoms with Gasteiger partial charge in [0.2, 0.25) is 0 Å². The second-order valence-electron chi connectivity index (χ2n) is 7.21. The van der Waals surface area contributed by atoms with Crippen LogP contribution in [0.1, 0.15) is 10.4 Å². The van der Waals surface area contributed by atoms with Crippen LogP contribution in [0.15, 0.2) is 106 Å². The zero-order valence-corrected chi connectivity index (χ0v) is 20.2. The Bertz CT molecular complexity index is 1300. The van der Waals surface area contributed by atoms with Crippen LogP contribution < -0.4 is 14.2 Å². The molecule has 0 amide bonds. The lowest BCUT2D eigenvalue weighted by atomic mass is 10.0. The minimum atomic E-state index is -0.435. The van der Waals surface area contributed by atoms with Crippen LogP contribution in [0, 0.1) is 0 Å². The van der Waals surface area contributed by atoms with E-state index in [1.807, 2.05) is 54.6 Å². The van der Waals surface area contributed by atoms with E-state index in [1.165, 1.54) is 0 Å². The summed E-state index contributed by atoms with van der Waals surface area (Å²) in [6, 6.07) is 27.2. The summed E-state index contributed by atoms with van der Waals surface area (Å²) in [5, 5.41) is 8.39. The van der Waals surface area contributed by atoms with E-state index < -0.39 is 5.97 Å². The van der Waals surface area contributed by atoms with Crippen LogP contribution in [-0.4, -0.2) is 20.2 Å². The molecule has 0 aliphatic rings. The molecular weight excluding hydrogens is 496 g/mol. The second kappa shape index (κ2) is 10.8. The third-order valence-electron chi connectivity index (χ3n) is 5.01. The lowest BCUT2D eigenvalue weighted by Crippen LogP contribution is -2.08. The molecule has 0 aromatic heterocycles. The normalized spacial score (nSPS) is 10.8. The Morgan fingerprint density at radius 3 is 1.76 bits per heavy atom. The minimum absolute atomic E-state index is 0.427. The maximum atomic E-state index is 12.5. The van der Waals surface area contributed by atoms with Crippen LogP contribution in [0.5, 0.6) is 17.2 Å². The number of ether oxygens (including phenoxy) is 3. The monoisotopic (exact) mass is 516 g/mol. The molecule has 0 bridgehead atoms. The average molecular weight is 517 g/mol. The van der Waals surface area contributed by atoms with Gasteiger partial charge in [-0.05, 0) is 99.9 Å². The fourth-order valence-corrected chi connectivity index (χ4v) is 3.70. The van der Waals surface area contributed by atoms with Crippen molar-refractivity contribution in [1.82, 2.24) is 0 Å². The third kappa shape index (κ3) is 5.68. The maximum absolute atomic E-state index is 12.5. The van der Waals surface area contributed by atoms with Crippen LogP contribution in [-0.2, 0) is 0 Å². The molecule has 4 rings (SSSR count). The first-order valence-corrected chi connectivity index (χ1v) is 11.2. The number of hydrogen-bond donors (Lipinski definition) is 0.